The van der Waals surface area contributed by atoms with Crippen molar-refractivity contribution in [2.75, 3.05) is 13.1 Å². The van der Waals surface area contributed by atoms with Crippen molar-refractivity contribution in [3.8, 4) is 5.69 Å². The summed E-state index contributed by atoms with van der Waals surface area (Å²) in [5, 5.41) is 8.75. The van der Waals surface area contributed by atoms with Gasteiger partial charge >= 0.3 is 0 Å². The first-order valence-electron chi connectivity index (χ1n) is 12.7. The molecule has 9 nitrogen and oxygen atoms in total. The van der Waals surface area contributed by atoms with Crippen molar-refractivity contribution in [2.45, 2.75) is 37.6 Å². The van der Waals surface area contributed by atoms with Crippen LogP contribution in [0.15, 0.2) is 77.7 Å². The lowest BCUT2D eigenvalue weighted by molar-refractivity contribution is 0.0770. The molecule has 1 aliphatic heterocycles. The summed E-state index contributed by atoms with van der Waals surface area (Å²) in [6.45, 7) is 4.05. The lowest BCUT2D eigenvalue weighted by Gasteiger charge is -2.44. The van der Waals surface area contributed by atoms with E-state index < -0.39 is 15.4 Å². The molecule has 0 saturated carbocycles. The molecule has 4 heterocycles. The zero-order valence-electron chi connectivity index (χ0n) is 21.5. The molecule has 2 aliphatic rings. The summed E-state index contributed by atoms with van der Waals surface area (Å²) in [5.74, 6) is -0.571. The van der Waals surface area contributed by atoms with Gasteiger partial charge in [-0.2, -0.15) is 14.5 Å². The molecule has 1 saturated heterocycles. The number of halogens is 1. The fourth-order valence-corrected chi connectivity index (χ4v) is 6.88. The number of carbonyl (C=O) groups excluding carboxylic acids is 1. The van der Waals surface area contributed by atoms with E-state index >= 15 is 0 Å². The van der Waals surface area contributed by atoms with Gasteiger partial charge in [0.1, 0.15) is 16.4 Å². The van der Waals surface area contributed by atoms with Crippen LogP contribution in [0.5, 0.6) is 0 Å². The second-order valence-electron chi connectivity index (χ2n) is 10.3. The third-order valence-electron chi connectivity index (χ3n) is 7.53. The number of pyridine rings is 1. The van der Waals surface area contributed by atoms with Crippen molar-refractivity contribution >= 4 is 21.9 Å². The Balaban J connectivity index is 1.43. The summed E-state index contributed by atoms with van der Waals surface area (Å²) in [7, 11) is -3.90. The quantitative estimate of drug-likeness (QED) is 0.338. The van der Waals surface area contributed by atoms with Gasteiger partial charge in [-0.05, 0) is 74.7 Å². The first kappa shape index (κ1) is 25.3. The van der Waals surface area contributed by atoms with E-state index in [-0.39, 0.29) is 47.7 Å². The van der Waals surface area contributed by atoms with Gasteiger partial charge in [0.15, 0.2) is 5.78 Å². The highest BCUT2D eigenvalue weighted by Gasteiger charge is 2.51. The van der Waals surface area contributed by atoms with Crippen LogP contribution in [-0.4, -0.2) is 56.1 Å². The van der Waals surface area contributed by atoms with Crippen LogP contribution in [0, 0.1) is 11.2 Å². The molecule has 0 spiro atoms. The molecule has 0 amide bonds. The number of aromatic nitrogens is 5. The van der Waals surface area contributed by atoms with Gasteiger partial charge in [-0.25, -0.2) is 17.5 Å². The van der Waals surface area contributed by atoms with Crippen molar-refractivity contribution in [3.63, 3.8) is 0 Å². The SMILES string of the molecule is CC(C)n1cc(S(=O)(=O)N2CCC3=Cc4c(cnn4-c4ccc(F)cc4)CC3(C(=O)c3ccccn3)C2)cn1. The fourth-order valence-electron chi connectivity index (χ4n) is 5.44. The number of ketones is 1. The number of hydrogen-bond donors (Lipinski definition) is 0. The van der Waals surface area contributed by atoms with Crippen LogP contribution in [0.25, 0.3) is 11.8 Å². The predicted octanol–water partition coefficient (Wildman–Crippen LogP) is 4.09. The highest BCUT2D eigenvalue weighted by Crippen LogP contribution is 2.47. The number of hydrogen-bond acceptors (Lipinski definition) is 6. The van der Waals surface area contributed by atoms with E-state index in [0.717, 1.165) is 16.8 Å². The second-order valence-corrected chi connectivity index (χ2v) is 12.2. The summed E-state index contributed by atoms with van der Waals surface area (Å²) in [4.78, 5) is 18.6. The molecular weight excluding hydrogens is 519 g/mol. The summed E-state index contributed by atoms with van der Waals surface area (Å²) in [5.41, 5.74) is 2.27. The number of fused-ring (bicyclic) bond motifs is 2. The Hall–Kier alpha value is -3.96. The molecule has 3 aromatic heterocycles. The Kier molecular flexibility index (Phi) is 6.07. The molecule has 0 bridgehead atoms. The third-order valence-corrected chi connectivity index (χ3v) is 9.33. The smallest absolute Gasteiger partial charge is 0.246 e. The van der Waals surface area contributed by atoms with Crippen molar-refractivity contribution in [1.82, 2.24) is 28.9 Å². The molecular formula is C28H27FN6O3S. The summed E-state index contributed by atoms with van der Waals surface area (Å²) in [6.07, 6.45) is 8.72. The Morgan fingerprint density at radius 3 is 2.56 bits per heavy atom. The maximum atomic E-state index is 14.2. The van der Waals surface area contributed by atoms with E-state index in [1.165, 1.54) is 28.8 Å². The maximum Gasteiger partial charge on any atom is 0.246 e. The fraction of sp³-hybridized carbons (Fsp3) is 0.286. The van der Waals surface area contributed by atoms with E-state index in [9.17, 15) is 17.6 Å². The van der Waals surface area contributed by atoms with E-state index in [1.807, 2.05) is 19.9 Å². The van der Waals surface area contributed by atoms with Gasteiger partial charge in [0.2, 0.25) is 10.0 Å². The highest BCUT2D eigenvalue weighted by molar-refractivity contribution is 7.89. The molecule has 39 heavy (non-hydrogen) atoms. The van der Waals surface area contributed by atoms with E-state index in [0.29, 0.717) is 12.1 Å². The average Bonchev–Trinajstić information content (AvgIpc) is 3.60. The molecule has 0 radical (unpaired) electrons. The zero-order chi connectivity index (χ0) is 27.4. The zero-order valence-corrected chi connectivity index (χ0v) is 22.3. The van der Waals surface area contributed by atoms with E-state index in [2.05, 4.69) is 15.2 Å². The van der Waals surface area contributed by atoms with Gasteiger partial charge in [0.25, 0.3) is 0 Å². The Bertz CT molecular complexity index is 1690. The molecule has 11 heteroatoms. The van der Waals surface area contributed by atoms with Crippen LogP contribution in [0.4, 0.5) is 4.39 Å². The second kappa shape index (κ2) is 9.35. The lowest BCUT2D eigenvalue weighted by atomic mass is 9.65. The van der Waals surface area contributed by atoms with Crippen LogP contribution < -0.4 is 0 Å². The first-order valence-corrected chi connectivity index (χ1v) is 14.2. The molecule has 6 rings (SSSR count). The average molecular weight is 547 g/mol. The van der Waals surface area contributed by atoms with Crippen LogP contribution in [0.3, 0.4) is 0 Å². The van der Waals surface area contributed by atoms with Crippen LogP contribution in [0.1, 0.15) is 48.1 Å². The Labute approximate surface area is 225 Å². The molecule has 200 valence electrons. The van der Waals surface area contributed by atoms with Crippen LogP contribution in [0.2, 0.25) is 0 Å². The van der Waals surface area contributed by atoms with Crippen LogP contribution in [-0.2, 0) is 16.4 Å². The van der Waals surface area contributed by atoms with Gasteiger partial charge in [0, 0.05) is 31.5 Å². The van der Waals surface area contributed by atoms with Crippen LogP contribution >= 0.6 is 0 Å². The van der Waals surface area contributed by atoms with Gasteiger partial charge < -0.3 is 0 Å². The number of piperidine rings is 1. The number of sulfonamides is 1. The normalized spacial score (nSPS) is 19.4. The molecule has 1 unspecified atom stereocenters. The number of carbonyl (C=O) groups is 1. The van der Waals surface area contributed by atoms with E-state index in [1.54, 1.807) is 52.1 Å². The third kappa shape index (κ3) is 4.22. The monoisotopic (exact) mass is 546 g/mol. The molecule has 1 aliphatic carbocycles. The Morgan fingerprint density at radius 2 is 1.87 bits per heavy atom. The highest BCUT2D eigenvalue weighted by atomic mass is 32.2. The van der Waals surface area contributed by atoms with Crippen molar-refractivity contribution < 1.29 is 17.6 Å². The first-order chi connectivity index (χ1) is 18.7. The maximum absolute atomic E-state index is 14.2. The molecule has 1 fully saturated rings. The number of benzene rings is 1. The summed E-state index contributed by atoms with van der Waals surface area (Å²) in [6, 6.07) is 11.2. The molecule has 4 aromatic rings. The minimum absolute atomic E-state index is 0.0105. The van der Waals surface area contributed by atoms with Gasteiger partial charge in [-0.15, -0.1) is 0 Å². The van der Waals surface area contributed by atoms with Crippen molar-refractivity contribution in [1.29, 1.82) is 0 Å². The number of nitrogens with zero attached hydrogens (tertiary/aromatic N) is 6. The lowest BCUT2D eigenvalue weighted by Crippen LogP contribution is -2.53. The Morgan fingerprint density at radius 1 is 1.08 bits per heavy atom. The summed E-state index contributed by atoms with van der Waals surface area (Å²) < 4.78 is 45.7. The molecule has 0 N–H and O–H groups in total. The minimum Gasteiger partial charge on any atom is -0.291 e. The number of Topliss-reactive ketones (excluding diaryl/α,β-unsaturated/α-hetero) is 1. The summed E-state index contributed by atoms with van der Waals surface area (Å²) >= 11 is 0. The predicted molar refractivity (Wildman–Crippen MR) is 142 cm³/mol. The standard InChI is InChI=1S/C28H27FN6O3S/c1-19(2)34-17-24(16-31-34)39(37,38)33-12-10-21-13-26-20(15-32-35(26)23-8-6-22(29)7-9-23)14-28(21,18-33)27(36)25-5-3-4-11-30-25/h3-9,11,13,15-17,19H,10,12,14,18H2,1-2H3. The molecule has 1 atom stereocenters. The minimum atomic E-state index is -3.90. The number of rotatable bonds is 6. The topological polar surface area (TPSA) is 103 Å². The van der Waals surface area contributed by atoms with Gasteiger partial charge in [-0.1, -0.05) is 11.6 Å². The largest absolute Gasteiger partial charge is 0.291 e. The van der Waals surface area contributed by atoms with E-state index in [4.69, 9.17) is 0 Å². The van der Waals surface area contributed by atoms with Gasteiger partial charge in [0.05, 0.1) is 29.2 Å². The molecule has 1 aromatic carbocycles. The van der Waals surface area contributed by atoms with Crippen molar-refractivity contribution in [3.05, 3.63) is 95.6 Å². The van der Waals surface area contributed by atoms with Gasteiger partial charge in [-0.3, -0.25) is 14.5 Å². The van der Waals surface area contributed by atoms with Crippen molar-refractivity contribution in [2.24, 2.45) is 5.41 Å².